The SMILES string of the molecule is CN1CCN(CCCOc2cc(/C=C/c3ccc(/C=C/c4cc(OCCCN5CCN(C)C(I)C5)cc(OCCC[N+]56CC[N+](C)(CC5)CC6)c4)cc3)cc(OCCC[N+]34CC[N+](C)(CC3)CC4)c2)C(I)C1. The normalized spacial score (nSPS) is 29.4. The Balaban J connectivity index is 0.813. The van der Waals surface area contributed by atoms with Gasteiger partial charge in [0.15, 0.2) is 0 Å². The Morgan fingerprint density at radius 1 is 0.472 bits per heavy atom. The predicted octanol–water partition coefficient (Wildman–Crippen LogP) is 7.70. The van der Waals surface area contributed by atoms with Crippen LogP contribution in [-0.2, 0) is 0 Å². The highest BCUT2D eigenvalue weighted by Gasteiger charge is 2.47. The lowest BCUT2D eigenvalue weighted by Crippen LogP contribution is -2.73. The topological polar surface area (TPSA) is 49.9 Å². The van der Waals surface area contributed by atoms with E-state index in [1.165, 1.54) is 110 Å². The monoisotopic (exact) mass is 1210 g/mol. The second kappa shape index (κ2) is 25.1. The molecule has 0 spiro atoms. The molecule has 72 heavy (non-hydrogen) atoms. The second-order valence-electron chi connectivity index (χ2n) is 23.1. The van der Waals surface area contributed by atoms with Crippen LogP contribution in [0.4, 0.5) is 0 Å². The average molecular weight is 1220 g/mol. The van der Waals surface area contributed by atoms with Gasteiger partial charge in [-0.25, -0.2) is 0 Å². The van der Waals surface area contributed by atoms with Gasteiger partial charge in [0.05, 0.1) is 61.7 Å². The largest absolute Gasteiger partial charge is 0.493 e. The quantitative estimate of drug-likeness (QED) is 0.0226. The van der Waals surface area contributed by atoms with Gasteiger partial charge in [-0.3, -0.25) is 14.7 Å². The molecule has 8 fully saturated rings. The number of ether oxygens (including phenoxy) is 4. The highest BCUT2D eigenvalue weighted by Crippen LogP contribution is 2.30. The molecular formula is C58H88I2N8O4+4. The van der Waals surface area contributed by atoms with Crippen LogP contribution in [0.1, 0.15) is 47.9 Å². The molecule has 2 atom stereocenters. The van der Waals surface area contributed by atoms with E-state index in [0.717, 1.165) is 137 Å². The third-order valence-corrected chi connectivity index (χ3v) is 20.0. The van der Waals surface area contributed by atoms with E-state index >= 15 is 0 Å². The van der Waals surface area contributed by atoms with Gasteiger partial charge in [0.1, 0.15) is 102 Å². The van der Waals surface area contributed by atoms with Crippen molar-refractivity contribution in [1.82, 2.24) is 19.6 Å². The van der Waals surface area contributed by atoms with Crippen molar-refractivity contribution >= 4 is 69.5 Å². The number of rotatable bonds is 24. The average Bonchev–Trinajstić information content (AvgIpc) is 3.38. The second-order valence-corrected chi connectivity index (χ2v) is 26.0. The Bertz CT molecular complexity index is 2230. The summed E-state index contributed by atoms with van der Waals surface area (Å²) < 4.78 is 32.2. The zero-order valence-corrected chi connectivity index (χ0v) is 48.7. The first-order valence-electron chi connectivity index (χ1n) is 27.6. The lowest BCUT2D eigenvalue weighted by molar-refractivity contribution is -1.07. The molecule has 0 aromatic heterocycles. The molecule has 8 aliphatic heterocycles. The van der Waals surface area contributed by atoms with Crippen LogP contribution in [0.25, 0.3) is 24.3 Å². The minimum absolute atomic E-state index is 0.550. The van der Waals surface area contributed by atoms with Gasteiger partial charge >= 0.3 is 0 Å². The molecule has 0 radical (unpaired) electrons. The number of quaternary nitrogens is 4. The molecule has 0 saturated carbocycles. The van der Waals surface area contributed by atoms with Gasteiger partial charge in [0.2, 0.25) is 0 Å². The lowest BCUT2D eigenvalue weighted by Gasteiger charge is -2.54. The molecule has 12 nitrogen and oxygen atoms in total. The summed E-state index contributed by atoms with van der Waals surface area (Å²) in [5.41, 5.74) is 4.48. The maximum atomic E-state index is 6.52. The van der Waals surface area contributed by atoms with Crippen LogP contribution in [-0.4, -0.2) is 244 Å². The van der Waals surface area contributed by atoms with Gasteiger partial charge in [0, 0.05) is 77.3 Å². The molecule has 0 N–H and O–H groups in total. The van der Waals surface area contributed by atoms with E-state index in [4.69, 9.17) is 18.9 Å². The van der Waals surface area contributed by atoms with Crippen LogP contribution in [0.5, 0.6) is 23.0 Å². The number of nitrogens with zero attached hydrogens (tertiary/aromatic N) is 8. The molecule has 14 heteroatoms. The van der Waals surface area contributed by atoms with Crippen molar-refractivity contribution in [2.75, 3.05) is 199 Å². The Labute approximate surface area is 461 Å². The van der Waals surface area contributed by atoms with Crippen molar-refractivity contribution in [2.45, 2.75) is 33.8 Å². The fraction of sp³-hybridized carbons (Fsp3) is 0.621. The van der Waals surface area contributed by atoms with Crippen LogP contribution >= 0.6 is 45.2 Å². The fourth-order valence-electron chi connectivity index (χ4n) is 11.9. The van der Waals surface area contributed by atoms with E-state index in [2.05, 4.69) is 178 Å². The van der Waals surface area contributed by atoms with Crippen molar-refractivity contribution < 1.29 is 36.9 Å². The zero-order chi connectivity index (χ0) is 50.0. The van der Waals surface area contributed by atoms with Crippen LogP contribution < -0.4 is 18.9 Å². The summed E-state index contributed by atoms with van der Waals surface area (Å²) in [5, 5.41) is 0. The molecule has 2 unspecified atom stereocenters. The minimum atomic E-state index is 0.550. The lowest BCUT2D eigenvalue weighted by atomic mass is 10.1. The predicted molar refractivity (Wildman–Crippen MR) is 312 cm³/mol. The fourth-order valence-corrected chi connectivity index (χ4v) is 14.0. The molecular weight excluding hydrogens is 1130 g/mol. The zero-order valence-electron chi connectivity index (χ0n) is 44.4. The third kappa shape index (κ3) is 15.3. The Morgan fingerprint density at radius 3 is 1.32 bits per heavy atom. The molecule has 0 aliphatic carbocycles. The highest BCUT2D eigenvalue weighted by atomic mass is 127. The van der Waals surface area contributed by atoms with E-state index in [9.17, 15) is 0 Å². The van der Waals surface area contributed by atoms with Crippen molar-refractivity contribution in [3.63, 3.8) is 0 Å². The van der Waals surface area contributed by atoms with E-state index in [1.807, 2.05) is 0 Å². The van der Waals surface area contributed by atoms with Gasteiger partial charge in [-0.15, -0.1) is 0 Å². The standard InChI is InChI=1S/C58H88I2N8O4/c1-61-19-22-64(58(60)47-61)18-6-38-70-54-42-52(44-56(46-54)72-40-8-24-68-34-28-66(4,29-35-68)30-36-68)16-14-50-11-9-49(10-12-50)13-15-51-41-53(69-37-5-17-63-21-20-62(2)57(59)48-63)45-55(43-51)71-39-7-23-67-31-25-65(3,26-32-67)27-33-67/h9-16,41-46,57-58H,5-8,17-40,47-48H2,1-4H3/q+4/b15-13+,16-14+. The molecule has 0 amide bonds. The summed E-state index contributed by atoms with van der Waals surface area (Å²) in [6.45, 7) is 29.9. The number of halogens is 2. The molecule has 4 bridgehead atoms. The number of piperazine rings is 8. The third-order valence-electron chi connectivity index (χ3n) is 17.5. The number of fused-ring (bicyclic) bond motifs is 6. The summed E-state index contributed by atoms with van der Waals surface area (Å²) in [6, 6.07) is 21.7. The molecule has 3 aromatic carbocycles. The first-order chi connectivity index (χ1) is 34.8. The first-order valence-corrected chi connectivity index (χ1v) is 30.1. The number of hydrogen-bond acceptors (Lipinski definition) is 8. The van der Waals surface area contributed by atoms with E-state index in [0.29, 0.717) is 21.3 Å². The van der Waals surface area contributed by atoms with Crippen molar-refractivity contribution in [3.8, 4) is 23.0 Å². The number of alkyl halides is 2. The van der Waals surface area contributed by atoms with Gasteiger partial charge in [0.25, 0.3) is 0 Å². The van der Waals surface area contributed by atoms with Crippen molar-refractivity contribution in [2.24, 2.45) is 0 Å². The molecule has 11 rings (SSSR count). The van der Waals surface area contributed by atoms with Gasteiger partial charge in [-0.05, 0) is 73.5 Å². The summed E-state index contributed by atoms with van der Waals surface area (Å²) in [4.78, 5) is 10.0. The maximum Gasteiger partial charge on any atom is 0.129 e. The summed E-state index contributed by atoms with van der Waals surface area (Å²) in [6.07, 6.45) is 13.0. The van der Waals surface area contributed by atoms with Gasteiger partial charge in [-0.2, -0.15) is 0 Å². The Kier molecular flexibility index (Phi) is 18.9. The van der Waals surface area contributed by atoms with Crippen LogP contribution in [0.3, 0.4) is 0 Å². The van der Waals surface area contributed by atoms with Crippen molar-refractivity contribution in [3.05, 3.63) is 82.9 Å². The molecule has 8 aliphatic rings. The Hall–Kier alpha value is -2.52. The number of benzene rings is 3. The summed E-state index contributed by atoms with van der Waals surface area (Å²) in [5.74, 6) is 3.54. The van der Waals surface area contributed by atoms with E-state index < -0.39 is 0 Å². The summed E-state index contributed by atoms with van der Waals surface area (Å²) >= 11 is 5.16. The maximum absolute atomic E-state index is 6.52. The van der Waals surface area contributed by atoms with Crippen LogP contribution in [0.15, 0.2) is 60.7 Å². The van der Waals surface area contributed by atoms with Crippen LogP contribution in [0, 0.1) is 0 Å². The Morgan fingerprint density at radius 2 is 0.889 bits per heavy atom. The van der Waals surface area contributed by atoms with Crippen molar-refractivity contribution in [1.29, 1.82) is 0 Å². The molecule has 394 valence electrons. The van der Waals surface area contributed by atoms with Crippen LogP contribution in [0.2, 0.25) is 0 Å². The highest BCUT2D eigenvalue weighted by molar-refractivity contribution is 14.1. The molecule has 8 heterocycles. The number of likely N-dealkylation sites (N-methyl/N-ethyl adjacent to an activating group) is 4. The van der Waals surface area contributed by atoms with E-state index in [-0.39, 0.29) is 0 Å². The van der Waals surface area contributed by atoms with Gasteiger partial charge in [-0.1, -0.05) is 93.8 Å². The minimum Gasteiger partial charge on any atom is -0.493 e. The molecule has 8 saturated heterocycles. The van der Waals surface area contributed by atoms with E-state index in [1.54, 1.807) is 0 Å². The van der Waals surface area contributed by atoms with Gasteiger partial charge < -0.3 is 41.8 Å². The molecule has 3 aromatic rings. The smallest absolute Gasteiger partial charge is 0.129 e. The summed E-state index contributed by atoms with van der Waals surface area (Å²) in [7, 11) is 9.33. The first kappa shape index (κ1) is 54.3. The number of hydrogen-bond donors (Lipinski definition) is 0.